The van der Waals surface area contributed by atoms with E-state index in [1.165, 1.54) is 11.8 Å². The van der Waals surface area contributed by atoms with Crippen LogP contribution in [0.4, 0.5) is 0 Å². The fraction of sp³-hybridized carbons (Fsp3) is 0. The van der Waals surface area contributed by atoms with Crippen molar-refractivity contribution in [2.45, 2.75) is 0 Å². The first-order chi connectivity index (χ1) is 7.75. The molecule has 1 N–H and O–H groups in total. The van der Waals surface area contributed by atoms with Crippen molar-refractivity contribution in [1.29, 1.82) is 0 Å². The van der Waals surface area contributed by atoms with Gasteiger partial charge in [-0.2, -0.15) is 0 Å². The molecule has 0 aromatic heterocycles. The van der Waals surface area contributed by atoms with Crippen LogP contribution in [0.25, 0.3) is 6.08 Å². The first-order valence-electron chi connectivity index (χ1n) is 4.72. The number of benzene rings is 1. The van der Waals surface area contributed by atoms with Crippen molar-refractivity contribution >= 4 is 40.3 Å². The number of hydrogen-bond acceptors (Lipinski definition) is 3. The zero-order valence-electron chi connectivity index (χ0n) is 8.34. The van der Waals surface area contributed by atoms with Crippen LogP contribution in [0.3, 0.4) is 0 Å². The predicted molar refractivity (Wildman–Crippen MR) is 71.9 cm³/mol. The molecule has 80 valence electrons. The van der Waals surface area contributed by atoms with E-state index in [0.29, 0.717) is 9.23 Å². The van der Waals surface area contributed by atoms with E-state index < -0.39 is 0 Å². The van der Waals surface area contributed by atoms with Gasteiger partial charge in [-0.15, -0.1) is 0 Å². The zero-order valence-corrected chi connectivity index (χ0v) is 9.98. The van der Waals surface area contributed by atoms with Crippen LogP contribution >= 0.6 is 24.0 Å². The van der Waals surface area contributed by atoms with Crippen molar-refractivity contribution in [2.75, 3.05) is 0 Å². The molecule has 1 heterocycles. The molecule has 16 heavy (non-hydrogen) atoms. The summed E-state index contributed by atoms with van der Waals surface area (Å²) in [4.78, 5) is 11.9. The summed E-state index contributed by atoms with van der Waals surface area (Å²) >= 11 is 6.17. The van der Waals surface area contributed by atoms with Gasteiger partial charge in [0.25, 0.3) is 5.91 Å². The lowest BCUT2D eigenvalue weighted by atomic mass is 10.2. The van der Waals surface area contributed by atoms with E-state index in [1.54, 1.807) is 6.08 Å². The van der Waals surface area contributed by atoms with Crippen molar-refractivity contribution in [3.8, 4) is 0 Å². The SMILES string of the molecule is O=C1NC(=S)S/C1=C/C=C\c1ccccc1. The Morgan fingerprint density at radius 1 is 1.25 bits per heavy atom. The van der Waals surface area contributed by atoms with Crippen LogP contribution in [0.15, 0.2) is 47.4 Å². The lowest BCUT2D eigenvalue weighted by Crippen LogP contribution is -2.17. The topological polar surface area (TPSA) is 29.1 Å². The molecule has 1 aromatic rings. The maximum atomic E-state index is 11.3. The molecule has 1 aliphatic heterocycles. The maximum Gasteiger partial charge on any atom is 0.263 e. The summed E-state index contributed by atoms with van der Waals surface area (Å²) in [7, 11) is 0. The highest BCUT2D eigenvalue weighted by Gasteiger charge is 2.20. The molecule has 1 amide bonds. The van der Waals surface area contributed by atoms with Crippen LogP contribution in [-0.2, 0) is 4.79 Å². The number of rotatable bonds is 2. The summed E-state index contributed by atoms with van der Waals surface area (Å²) in [6, 6.07) is 9.91. The molecule has 0 saturated carbocycles. The molecule has 1 aliphatic rings. The molecule has 1 aromatic carbocycles. The van der Waals surface area contributed by atoms with Gasteiger partial charge >= 0.3 is 0 Å². The largest absolute Gasteiger partial charge is 0.307 e. The zero-order chi connectivity index (χ0) is 11.4. The third kappa shape index (κ3) is 2.81. The average molecular weight is 247 g/mol. The van der Waals surface area contributed by atoms with Crippen molar-refractivity contribution in [3.63, 3.8) is 0 Å². The Balaban J connectivity index is 2.07. The van der Waals surface area contributed by atoms with Gasteiger partial charge in [-0.1, -0.05) is 66.5 Å². The minimum absolute atomic E-state index is 0.118. The quantitative estimate of drug-likeness (QED) is 0.643. The number of carbonyl (C=O) groups is 1. The number of amides is 1. The van der Waals surface area contributed by atoms with Crippen LogP contribution in [0.5, 0.6) is 0 Å². The highest BCUT2D eigenvalue weighted by molar-refractivity contribution is 8.26. The van der Waals surface area contributed by atoms with Gasteiger partial charge in [-0.05, 0) is 11.6 Å². The summed E-state index contributed by atoms with van der Waals surface area (Å²) in [6.07, 6.45) is 5.57. The lowest BCUT2D eigenvalue weighted by Gasteiger charge is -1.89. The predicted octanol–water partition coefficient (Wildman–Crippen LogP) is 2.73. The van der Waals surface area contributed by atoms with Crippen LogP contribution < -0.4 is 5.32 Å². The van der Waals surface area contributed by atoms with E-state index in [9.17, 15) is 4.79 Å². The molecular weight excluding hydrogens is 238 g/mol. The molecule has 2 nitrogen and oxygen atoms in total. The van der Waals surface area contributed by atoms with Crippen LogP contribution in [-0.4, -0.2) is 10.2 Å². The van der Waals surface area contributed by atoms with Gasteiger partial charge in [-0.25, -0.2) is 0 Å². The van der Waals surface area contributed by atoms with Crippen molar-refractivity contribution in [2.24, 2.45) is 0 Å². The first kappa shape index (κ1) is 11.1. The standard InChI is InChI=1S/C12H9NOS2/c14-11-10(16-12(15)13-11)8-4-7-9-5-2-1-3-6-9/h1-8H,(H,13,14,15)/b7-4-,10-8+. The Kier molecular flexibility index (Phi) is 3.54. The van der Waals surface area contributed by atoms with E-state index in [1.807, 2.05) is 42.5 Å². The second-order valence-electron chi connectivity index (χ2n) is 3.14. The van der Waals surface area contributed by atoms with E-state index in [2.05, 4.69) is 5.32 Å². The molecule has 1 fully saturated rings. The van der Waals surface area contributed by atoms with Gasteiger partial charge in [-0.3, -0.25) is 4.79 Å². The Hall–Kier alpha value is -1.39. The normalized spacial score (nSPS) is 18.4. The first-order valence-corrected chi connectivity index (χ1v) is 5.95. The summed E-state index contributed by atoms with van der Waals surface area (Å²) in [5.41, 5.74) is 1.10. The monoisotopic (exact) mass is 247 g/mol. The Morgan fingerprint density at radius 2 is 2.00 bits per heavy atom. The lowest BCUT2D eigenvalue weighted by molar-refractivity contribution is -0.115. The Bertz CT molecular complexity index is 477. The van der Waals surface area contributed by atoms with Gasteiger partial charge in [0.1, 0.15) is 4.32 Å². The van der Waals surface area contributed by atoms with Crippen LogP contribution in [0, 0.1) is 0 Å². The molecule has 0 spiro atoms. The summed E-state index contributed by atoms with van der Waals surface area (Å²) in [5.74, 6) is -0.118. The molecule has 4 heteroatoms. The molecule has 0 atom stereocenters. The number of thiocarbonyl (C=S) groups is 1. The van der Waals surface area contributed by atoms with Gasteiger partial charge in [0.15, 0.2) is 0 Å². The number of hydrogen-bond donors (Lipinski definition) is 1. The maximum absolute atomic E-state index is 11.3. The van der Waals surface area contributed by atoms with Crippen molar-refractivity contribution in [1.82, 2.24) is 5.32 Å². The molecule has 0 aliphatic carbocycles. The smallest absolute Gasteiger partial charge is 0.263 e. The van der Waals surface area contributed by atoms with E-state index in [4.69, 9.17) is 12.2 Å². The highest BCUT2D eigenvalue weighted by atomic mass is 32.2. The minimum atomic E-state index is -0.118. The second kappa shape index (κ2) is 5.09. The van der Waals surface area contributed by atoms with E-state index in [0.717, 1.165) is 5.56 Å². The average Bonchev–Trinajstić information content (AvgIpc) is 2.59. The number of nitrogens with one attached hydrogen (secondary N) is 1. The molecule has 0 radical (unpaired) electrons. The van der Waals surface area contributed by atoms with Crippen molar-refractivity contribution < 1.29 is 4.79 Å². The summed E-state index contributed by atoms with van der Waals surface area (Å²) < 4.78 is 0.518. The third-order valence-corrected chi connectivity index (χ3v) is 3.16. The number of carbonyl (C=O) groups excluding carboxylic acids is 1. The summed E-state index contributed by atoms with van der Waals surface area (Å²) in [5, 5.41) is 2.57. The highest BCUT2D eigenvalue weighted by Crippen LogP contribution is 2.23. The molecule has 0 bridgehead atoms. The molecule has 0 unspecified atom stereocenters. The minimum Gasteiger partial charge on any atom is -0.307 e. The molecule has 1 saturated heterocycles. The third-order valence-electron chi connectivity index (χ3n) is 1.98. The van der Waals surface area contributed by atoms with Gasteiger partial charge in [0.2, 0.25) is 0 Å². The van der Waals surface area contributed by atoms with Gasteiger partial charge in [0, 0.05) is 0 Å². The van der Waals surface area contributed by atoms with E-state index >= 15 is 0 Å². The summed E-state index contributed by atoms with van der Waals surface area (Å²) in [6.45, 7) is 0. The Morgan fingerprint density at radius 3 is 2.62 bits per heavy atom. The molecular formula is C12H9NOS2. The second-order valence-corrected chi connectivity index (χ2v) is 4.86. The number of thioether (sulfide) groups is 1. The van der Waals surface area contributed by atoms with Gasteiger partial charge < -0.3 is 5.32 Å². The van der Waals surface area contributed by atoms with E-state index in [-0.39, 0.29) is 5.91 Å². The fourth-order valence-corrected chi connectivity index (χ4v) is 2.24. The molecule has 2 rings (SSSR count). The van der Waals surface area contributed by atoms with Crippen LogP contribution in [0.1, 0.15) is 5.56 Å². The van der Waals surface area contributed by atoms with Crippen LogP contribution in [0.2, 0.25) is 0 Å². The van der Waals surface area contributed by atoms with Crippen molar-refractivity contribution in [3.05, 3.63) is 53.0 Å². The fourth-order valence-electron chi connectivity index (χ4n) is 1.25. The Labute approximate surface area is 103 Å². The number of allylic oxidation sites excluding steroid dienone is 2. The van der Waals surface area contributed by atoms with Gasteiger partial charge in [0.05, 0.1) is 4.91 Å².